The molecule has 2 heterocycles. The van der Waals surface area contributed by atoms with E-state index < -0.39 is 6.04 Å². The van der Waals surface area contributed by atoms with Crippen LogP contribution in [0.3, 0.4) is 0 Å². The highest BCUT2D eigenvalue weighted by Gasteiger charge is 2.29. The van der Waals surface area contributed by atoms with E-state index in [-0.39, 0.29) is 5.91 Å². The molecule has 7 nitrogen and oxygen atoms in total. The summed E-state index contributed by atoms with van der Waals surface area (Å²) in [5.41, 5.74) is 5.24. The molecular weight excluding hydrogens is 520 g/mol. The van der Waals surface area contributed by atoms with E-state index in [1.165, 1.54) is 0 Å². The number of anilines is 2. The van der Waals surface area contributed by atoms with Crippen molar-refractivity contribution >= 4 is 46.0 Å². The number of carbonyl (C=O) groups is 1. The molecule has 4 aromatic carbocycles. The molecule has 0 spiro atoms. The lowest BCUT2D eigenvalue weighted by molar-refractivity contribution is -0.113. The van der Waals surface area contributed by atoms with Gasteiger partial charge >= 0.3 is 0 Å². The molecule has 1 unspecified atom stereocenters. The second kappa shape index (κ2) is 11.0. The molecule has 0 radical (unpaired) electrons. The third kappa shape index (κ3) is 5.28. The van der Waals surface area contributed by atoms with Gasteiger partial charge in [-0.1, -0.05) is 90.5 Å². The Morgan fingerprint density at radius 1 is 0.850 bits per heavy atom. The molecule has 1 aliphatic rings. The van der Waals surface area contributed by atoms with Gasteiger partial charge in [-0.25, -0.2) is 15.0 Å². The molecule has 3 N–H and O–H groups in total. The van der Waals surface area contributed by atoms with Crippen LogP contribution in [0.4, 0.5) is 11.6 Å². The highest BCUT2D eigenvalue weighted by Crippen LogP contribution is 2.33. The van der Waals surface area contributed by atoms with Crippen LogP contribution in [0.15, 0.2) is 125 Å². The Labute approximate surface area is 236 Å². The summed E-state index contributed by atoms with van der Waals surface area (Å²) in [7, 11) is 0. The minimum atomic E-state index is -0.540. The molecule has 0 saturated carbocycles. The highest BCUT2D eigenvalue weighted by atomic mass is 35.5. The Morgan fingerprint density at radius 3 is 2.25 bits per heavy atom. The van der Waals surface area contributed by atoms with E-state index in [1.54, 1.807) is 0 Å². The van der Waals surface area contributed by atoms with E-state index in [2.05, 4.69) is 16.0 Å². The summed E-state index contributed by atoms with van der Waals surface area (Å²) in [5.74, 6) is 0.588. The highest BCUT2D eigenvalue weighted by molar-refractivity contribution is 6.31. The van der Waals surface area contributed by atoms with E-state index in [1.807, 2.05) is 116 Å². The molecular formula is C32H25ClN6O. The Hall–Kier alpha value is -5.01. The molecule has 0 aliphatic carbocycles. The van der Waals surface area contributed by atoms with Gasteiger partial charge in [0, 0.05) is 27.4 Å². The van der Waals surface area contributed by atoms with Crippen LogP contribution in [0.1, 0.15) is 18.5 Å². The Kier molecular flexibility index (Phi) is 6.95. The number of hydrogen-bond acceptors (Lipinski definition) is 6. The number of guanidine groups is 1. The van der Waals surface area contributed by atoms with Crippen molar-refractivity contribution in [2.75, 3.05) is 10.6 Å². The van der Waals surface area contributed by atoms with E-state index in [9.17, 15) is 4.79 Å². The molecule has 1 aliphatic heterocycles. The fraction of sp³-hybridized carbons (Fsp3) is 0.0625. The maximum atomic E-state index is 13.5. The molecule has 1 aromatic heterocycles. The maximum Gasteiger partial charge on any atom is 0.255 e. The third-order valence-corrected chi connectivity index (χ3v) is 6.80. The zero-order valence-corrected chi connectivity index (χ0v) is 22.4. The summed E-state index contributed by atoms with van der Waals surface area (Å²) in [5, 5.41) is 11.0. The number of halogens is 1. The Bertz CT molecular complexity index is 1750. The summed E-state index contributed by atoms with van der Waals surface area (Å²) < 4.78 is 0. The third-order valence-electron chi connectivity index (χ3n) is 6.57. The number of allylic oxidation sites excluding steroid dienone is 1. The first-order chi connectivity index (χ1) is 19.5. The van der Waals surface area contributed by atoms with Crippen molar-refractivity contribution in [3.63, 3.8) is 0 Å². The largest absolute Gasteiger partial charge is 0.329 e. The van der Waals surface area contributed by atoms with Crippen LogP contribution < -0.4 is 16.0 Å². The molecule has 1 atom stereocenters. The SMILES string of the molecule is CC1=C(C(=O)Nc2ccccc2)C(c2ccccc2)N=C(Nc2nc(-c3ccccc3)c3cc(Cl)ccc3n2)N1. The first-order valence-corrected chi connectivity index (χ1v) is 13.2. The van der Waals surface area contributed by atoms with Crippen molar-refractivity contribution in [2.24, 2.45) is 4.99 Å². The molecule has 1 amide bonds. The van der Waals surface area contributed by atoms with Crippen LogP contribution in [0.25, 0.3) is 22.2 Å². The Morgan fingerprint density at radius 2 is 1.52 bits per heavy atom. The van der Waals surface area contributed by atoms with Gasteiger partial charge in [-0.2, -0.15) is 0 Å². The van der Waals surface area contributed by atoms with Crippen molar-refractivity contribution in [1.29, 1.82) is 0 Å². The standard InChI is InChI=1S/C32H25ClN6O/c1-20-27(30(40)35-24-15-9-4-10-16-24)29(22-13-7-3-8-14-22)38-31(34-20)39-32-36-26-18-17-23(33)19-25(26)28(37-32)21-11-5-2-6-12-21/h2-19,29H,1H3,(H,35,40)(H2,34,36,37,38,39). The number of para-hydroxylation sites is 1. The monoisotopic (exact) mass is 544 g/mol. The summed E-state index contributed by atoms with van der Waals surface area (Å²) in [4.78, 5) is 28.0. The number of fused-ring (bicyclic) bond motifs is 1. The lowest BCUT2D eigenvalue weighted by atomic mass is 9.95. The summed E-state index contributed by atoms with van der Waals surface area (Å²) >= 11 is 6.32. The number of hydrogen-bond donors (Lipinski definition) is 3. The predicted molar refractivity (Wildman–Crippen MR) is 161 cm³/mol. The van der Waals surface area contributed by atoms with Crippen LogP contribution >= 0.6 is 11.6 Å². The second-order valence-electron chi connectivity index (χ2n) is 9.32. The number of nitrogens with one attached hydrogen (secondary N) is 3. The fourth-order valence-corrected chi connectivity index (χ4v) is 4.88. The number of carbonyl (C=O) groups excluding carboxylic acids is 1. The maximum absolute atomic E-state index is 13.5. The molecule has 8 heteroatoms. The fourth-order valence-electron chi connectivity index (χ4n) is 4.71. The molecule has 5 aromatic rings. The lowest BCUT2D eigenvalue weighted by Crippen LogP contribution is -2.37. The van der Waals surface area contributed by atoms with E-state index in [0.29, 0.717) is 33.9 Å². The molecule has 0 saturated heterocycles. The van der Waals surface area contributed by atoms with Gasteiger partial charge in [-0.05, 0) is 42.8 Å². The van der Waals surface area contributed by atoms with Crippen LogP contribution in [0.5, 0.6) is 0 Å². The number of amides is 1. The van der Waals surface area contributed by atoms with Crippen molar-refractivity contribution in [3.8, 4) is 11.3 Å². The molecule has 0 fully saturated rings. The van der Waals surface area contributed by atoms with Crippen molar-refractivity contribution < 1.29 is 4.79 Å². The van der Waals surface area contributed by atoms with Gasteiger partial charge in [0.1, 0.15) is 6.04 Å². The van der Waals surface area contributed by atoms with Gasteiger partial charge in [0.05, 0.1) is 16.8 Å². The van der Waals surface area contributed by atoms with E-state index in [4.69, 9.17) is 26.6 Å². The number of benzene rings is 4. The number of rotatable bonds is 5. The van der Waals surface area contributed by atoms with Crippen molar-refractivity contribution in [3.05, 3.63) is 131 Å². The van der Waals surface area contributed by atoms with Gasteiger partial charge in [0.25, 0.3) is 5.91 Å². The van der Waals surface area contributed by atoms with Gasteiger partial charge in [0.2, 0.25) is 11.9 Å². The number of nitrogens with zero attached hydrogens (tertiary/aromatic N) is 3. The summed E-state index contributed by atoms with van der Waals surface area (Å²) in [6, 6.07) is 34.0. The first-order valence-electron chi connectivity index (χ1n) is 12.8. The topological polar surface area (TPSA) is 91.3 Å². The number of aromatic nitrogens is 2. The second-order valence-corrected chi connectivity index (χ2v) is 9.76. The Balaban J connectivity index is 1.38. The van der Waals surface area contributed by atoms with Crippen molar-refractivity contribution in [2.45, 2.75) is 13.0 Å². The zero-order valence-electron chi connectivity index (χ0n) is 21.6. The minimum absolute atomic E-state index is 0.224. The minimum Gasteiger partial charge on any atom is -0.329 e. The van der Waals surface area contributed by atoms with Crippen molar-refractivity contribution in [1.82, 2.24) is 15.3 Å². The predicted octanol–water partition coefficient (Wildman–Crippen LogP) is 6.98. The molecule has 40 heavy (non-hydrogen) atoms. The van der Waals surface area contributed by atoms with E-state index in [0.717, 1.165) is 27.7 Å². The zero-order chi connectivity index (χ0) is 27.5. The van der Waals surface area contributed by atoms with Gasteiger partial charge in [-0.15, -0.1) is 0 Å². The normalized spacial score (nSPS) is 14.8. The summed E-state index contributed by atoms with van der Waals surface area (Å²) in [6.07, 6.45) is 0. The van der Waals surface area contributed by atoms with Crippen LogP contribution in [0, 0.1) is 0 Å². The average Bonchev–Trinajstić information content (AvgIpc) is 2.98. The van der Waals surface area contributed by atoms with E-state index >= 15 is 0 Å². The summed E-state index contributed by atoms with van der Waals surface area (Å²) in [6.45, 7) is 1.87. The molecule has 0 bridgehead atoms. The van der Waals surface area contributed by atoms with Gasteiger partial charge in [0.15, 0.2) is 0 Å². The molecule has 196 valence electrons. The number of aliphatic imine (C=N–C) groups is 1. The smallest absolute Gasteiger partial charge is 0.255 e. The van der Waals surface area contributed by atoms with Crippen LogP contribution in [-0.4, -0.2) is 21.8 Å². The first kappa shape index (κ1) is 25.3. The van der Waals surface area contributed by atoms with Crippen LogP contribution in [0.2, 0.25) is 5.02 Å². The van der Waals surface area contributed by atoms with Gasteiger partial charge in [-0.3, -0.25) is 10.1 Å². The van der Waals surface area contributed by atoms with Crippen LogP contribution in [-0.2, 0) is 4.79 Å². The van der Waals surface area contributed by atoms with Gasteiger partial charge < -0.3 is 10.6 Å². The quantitative estimate of drug-likeness (QED) is 0.222. The lowest BCUT2D eigenvalue weighted by Gasteiger charge is -2.27. The molecule has 6 rings (SSSR count). The average molecular weight is 545 g/mol.